The Morgan fingerprint density at radius 3 is 2.77 bits per heavy atom. The van der Waals surface area contributed by atoms with Crippen LogP contribution in [0.3, 0.4) is 0 Å². The molecule has 1 aliphatic carbocycles. The maximum Gasteiger partial charge on any atom is 0.252 e. The largest absolute Gasteiger partial charge is 0.367 e. The highest BCUT2D eigenvalue weighted by Crippen LogP contribution is 2.32. The van der Waals surface area contributed by atoms with E-state index in [0.717, 1.165) is 31.4 Å². The third-order valence-corrected chi connectivity index (χ3v) is 4.18. The van der Waals surface area contributed by atoms with Gasteiger partial charge < -0.3 is 11.1 Å². The predicted octanol–water partition coefficient (Wildman–Crippen LogP) is 1.45. The molecule has 0 atom stereocenters. The van der Waals surface area contributed by atoms with Crippen molar-refractivity contribution in [1.29, 1.82) is 0 Å². The molecule has 0 radical (unpaired) electrons. The number of nitrogens with one attached hydrogen (secondary N) is 1. The maximum absolute atomic E-state index is 11.4. The third kappa shape index (κ3) is 3.08. The lowest BCUT2D eigenvalue weighted by Gasteiger charge is -2.28. The zero-order valence-corrected chi connectivity index (χ0v) is 12.6. The zero-order valence-electron chi connectivity index (χ0n) is 12.6. The van der Waals surface area contributed by atoms with E-state index >= 15 is 0 Å². The molecule has 1 saturated carbocycles. The molecule has 3 rings (SSSR count). The van der Waals surface area contributed by atoms with E-state index in [2.05, 4.69) is 20.6 Å². The number of amides is 1. The summed E-state index contributed by atoms with van der Waals surface area (Å²) in [7, 11) is 1.89. The molecule has 22 heavy (non-hydrogen) atoms. The van der Waals surface area contributed by atoms with Crippen LogP contribution in [-0.4, -0.2) is 31.9 Å². The monoisotopic (exact) mass is 300 g/mol. The summed E-state index contributed by atoms with van der Waals surface area (Å²) in [5.41, 5.74) is 6.89. The van der Waals surface area contributed by atoms with E-state index in [9.17, 15) is 4.79 Å². The molecule has 7 heteroatoms. The highest BCUT2D eigenvalue weighted by molar-refractivity contribution is 5.97. The van der Waals surface area contributed by atoms with Gasteiger partial charge in [0.15, 0.2) is 0 Å². The molecule has 7 nitrogen and oxygen atoms in total. The smallest absolute Gasteiger partial charge is 0.252 e. The molecule has 0 saturated heterocycles. The van der Waals surface area contributed by atoms with Gasteiger partial charge in [0.05, 0.1) is 11.3 Å². The molecule has 116 valence electrons. The lowest BCUT2D eigenvalue weighted by molar-refractivity contribution is 0.100. The van der Waals surface area contributed by atoms with Gasteiger partial charge in [-0.15, -0.1) is 5.10 Å². The summed E-state index contributed by atoms with van der Waals surface area (Å²) in [6, 6.07) is 3.72. The number of aryl methyl sites for hydroxylation is 1. The number of nitrogens with two attached hydrogens (primary N) is 1. The topological polar surface area (TPSA) is 98.7 Å². The second-order valence-electron chi connectivity index (χ2n) is 5.77. The van der Waals surface area contributed by atoms with Crippen molar-refractivity contribution in [2.24, 2.45) is 12.8 Å². The molecule has 3 N–H and O–H groups in total. The van der Waals surface area contributed by atoms with Gasteiger partial charge in [-0.2, -0.15) is 0 Å². The molecule has 1 amide bonds. The van der Waals surface area contributed by atoms with Crippen LogP contribution in [0.15, 0.2) is 24.5 Å². The van der Waals surface area contributed by atoms with E-state index in [1.165, 1.54) is 0 Å². The number of hydrogen-bond donors (Lipinski definition) is 2. The summed E-state index contributed by atoms with van der Waals surface area (Å²) in [6.07, 6.45) is 7.78. The lowest BCUT2D eigenvalue weighted by Crippen LogP contribution is -2.27. The number of hydrogen-bond acceptors (Lipinski definition) is 5. The van der Waals surface area contributed by atoms with Crippen LogP contribution < -0.4 is 11.1 Å². The molecular weight excluding hydrogens is 280 g/mol. The van der Waals surface area contributed by atoms with Gasteiger partial charge in [0.1, 0.15) is 5.82 Å². The number of rotatable bonds is 4. The molecule has 2 aromatic rings. The Hall–Kier alpha value is -2.44. The molecule has 1 fully saturated rings. The van der Waals surface area contributed by atoms with Crippen LogP contribution in [0, 0.1) is 0 Å². The molecule has 0 aliphatic heterocycles. The summed E-state index contributed by atoms with van der Waals surface area (Å²) < 4.78 is 1.74. The first-order chi connectivity index (χ1) is 10.6. The Labute approximate surface area is 128 Å². The summed E-state index contributed by atoms with van der Waals surface area (Å²) >= 11 is 0. The van der Waals surface area contributed by atoms with Crippen molar-refractivity contribution in [2.75, 3.05) is 5.32 Å². The van der Waals surface area contributed by atoms with E-state index < -0.39 is 5.91 Å². The van der Waals surface area contributed by atoms with Crippen molar-refractivity contribution < 1.29 is 4.79 Å². The van der Waals surface area contributed by atoms with Crippen molar-refractivity contribution >= 4 is 11.7 Å². The third-order valence-electron chi connectivity index (χ3n) is 4.18. The Morgan fingerprint density at radius 1 is 1.36 bits per heavy atom. The normalized spacial score (nSPS) is 21.5. The Morgan fingerprint density at radius 2 is 2.14 bits per heavy atom. The van der Waals surface area contributed by atoms with Crippen LogP contribution in [0.2, 0.25) is 0 Å². The summed E-state index contributed by atoms with van der Waals surface area (Å²) in [6.45, 7) is 0. The minimum atomic E-state index is -0.455. The fraction of sp³-hybridized carbons (Fsp3) is 0.467. The first kappa shape index (κ1) is 14.5. The number of anilines is 1. The lowest BCUT2D eigenvalue weighted by atomic mass is 9.84. The van der Waals surface area contributed by atoms with Crippen molar-refractivity contribution in [1.82, 2.24) is 20.0 Å². The van der Waals surface area contributed by atoms with E-state index in [-0.39, 0.29) is 0 Å². The molecule has 2 aromatic heterocycles. The molecule has 1 aliphatic rings. The Kier molecular flexibility index (Phi) is 4.04. The maximum atomic E-state index is 11.4. The Bertz CT molecular complexity index is 660. The second-order valence-corrected chi connectivity index (χ2v) is 5.77. The minimum absolute atomic E-state index is 0.306. The highest BCUT2D eigenvalue weighted by atomic mass is 16.1. The molecule has 0 spiro atoms. The standard InChI is InChI=1S/C15H20N6O/c1-21-9-13(19-20-21)10-4-6-11(7-5-10)18-15-12(14(16)22)3-2-8-17-15/h2-3,8-11H,4-7H2,1H3,(H2,16,22)(H,17,18). The number of carbonyl (C=O) groups excluding carboxylic acids is 1. The molecule has 0 aromatic carbocycles. The van der Waals surface area contributed by atoms with Gasteiger partial charge in [0, 0.05) is 31.4 Å². The number of primary amides is 1. The fourth-order valence-corrected chi connectivity index (χ4v) is 3.00. The van der Waals surface area contributed by atoms with Crippen LogP contribution in [-0.2, 0) is 7.05 Å². The molecule has 0 unspecified atom stereocenters. The SMILES string of the molecule is Cn1cc(C2CCC(Nc3ncccc3C(N)=O)CC2)nn1. The molecule has 2 heterocycles. The quantitative estimate of drug-likeness (QED) is 0.890. The van der Waals surface area contributed by atoms with Crippen molar-refractivity contribution in [3.05, 3.63) is 35.8 Å². The number of aromatic nitrogens is 4. The number of pyridine rings is 1. The van der Waals surface area contributed by atoms with Crippen LogP contribution in [0.5, 0.6) is 0 Å². The first-order valence-corrected chi connectivity index (χ1v) is 7.51. The summed E-state index contributed by atoms with van der Waals surface area (Å²) in [5, 5.41) is 11.6. The highest BCUT2D eigenvalue weighted by Gasteiger charge is 2.25. The van der Waals surface area contributed by atoms with Crippen LogP contribution >= 0.6 is 0 Å². The first-order valence-electron chi connectivity index (χ1n) is 7.51. The van der Waals surface area contributed by atoms with Gasteiger partial charge in [-0.05, 0) is 37.8 Å². The van der Waals surface area contributed by atoms with Crippen LogP contribution in [0.1, 0.15) is 47.7 Å². The average Bonchev–Trinajstić information content (AvgIpc) is 2.95. The van der Waals surface area contributed by atoms with Crippen LogP contribution in [0.25, 0.3) is 0 Å². The number of nitrogens with zero attached hydrogens (tertiary/aromatic N) is 4. The van der Waals surface area contributed by atoms with Gasteiger partial charge in [0.2, 0.25) is 0 Å². The average molecular weight is 300 g/mol. The Balaban J connectivity index is 1.62. The van der Waals surface area contributed by atoms with Gasteiger partial charge >= 0.3 is 0 Å². The van der Waals surface area contributed by atoms with Crippen molar-refractivity contribution in [3.63, 3.8) is 0 Å². The molecular formula is C15H20N6O. The van der Waals surface area contributed by atoms with E-state index in [1.807, 2.05) is 13.2 Å². The van der Waals surface area contributed by atoms with Gasteiger partial charge in [0.25, 0.3) is 5.91 Å². The minimum Gasteiger partial charge on any atom is -0.367 e. The van der Waals surface area contributed by atoms with E-state index in [0.29, 0.717) is 23.3 Å². The zero-order chi connectivity index (χ0) is 15.5. The van der Waals surface area contributed by atoms with E-state index in [1.54, 1.807) is 23.0 Å². The van der Waals surface area contributed by atoms with Gasteiger partial charge in [-0.1, -0.05) is 5.21 Å². The van der Waals surface area contributed by atoms with Crippen LogP contribution in [0.4, 0.5) is 5.82 Å². The fourth-order valence-electron chi connectivity index (χ4n) is 3.00. The van der Waals surface area contributed by atoms with Gasteiger partial charge in [-0.25, -0.2) is 4.98 Å². The number of carbonyl (C=O) groups is 1. The summed E-state index contributed by atoms with van der Waals surface area (Å²) in [4.78, 5) is 15.7. The molecule has 0 bridgehead atoms. The predicted molar refractivity (Wildman–Crippen MR) is 82.4 cm³/mol. The van der Waals surface area contributed by atoms with E-state index in [4.69, 9.17) is 5.73 Å². The van der Waals surface area contributed by atoms with Gasteiger partial charge in [-0.3, -0.25) is 9.48 Å². The summed E-state index contributed by atoms with van der Waals surface area (Å²) in [5.74, 6) is 0.591. The van der Waals surface area contributed by atoms with Crippen molar-refractivity contribution in [3.8, 4) is 0 Å². The second kappa shape index (κ2) is 6.13. The van der Waals surface area contributed by atoms with Crippen molar-refractivity contribution in [2.45, 2.75) is 37.6 Å².